The quantitative estimate of drug-likeness (QED) is 0.819. The van der Waals surface area contributed by atoms with E-state index in [0.717, 1.165) is 34.9 Å². The summed E-state index contributed by atoms with van der Waals surface area (Å²) in [5, 5.41) is 10.0. The maximum Gasteiger partial charge on any atom is 0.162 e. The van der Waals surface area contributed by atoms with Crippen molar-refractivity contribution in [3.8, 4) is 11.5 Å². The molecule has 0 aliphatic carbocycles. The first-order valence-corrected chi connectivity index (χ1v) is 6.16. The normalized spacial score (nSPS) is 10.5. The van der Waals surface area contributed by atoms with Crippen molar-refractivity contribution in [3.05, 3.63) is 21.7 Å². The minimum Gasteiger partial charge on any atom is -0.504 e. The van der Waals surface area contributed by atoms with Crippen LogP contribution in [-0.2, 0) is 6.42 Å². The van der Waals surface area contributed by atoms with Crippen LogP contribution in [-0.4, -0.2) is 18.8 Å². The maximum absolute atomic E-state index is 10.0. The molecule has 0 aliphatic rings. The fraction of sp³-hybridized carbons (Fsp3) is 0.500. The minimum atomic E-state index is 0.233. The van der Waals surface area contributed by atoms with E-state index in [1.54, 1.807) is 7.11 Å². The van der Waals surface area contributed by atoms with Crippen molar-refractivity contribution in [1.29, 1.82) is 0 Å². The predicted octanol–water partition coefficient (Wildman–Crippen LogP) is 2.75. The van der Waals surface area contributed by atoms with Crippen LogP contribution >= 0.6 is 15.9 Å². The van der Waals surface area contributed by atoms with Gasteiger partial charge in [-0.3, -0.25) is 0 Å². The first-order valence-electron chi connectivity index (χ1n) is 5.36. The summed E-state index contributed by atoms with van der Waals surface area (Å²) in [4.78, 5) is 0. The zero-order chi connectivity index (χ0) is 12.1. The molecule has 0 atom stereocenters. The molecule has 3 nitrogen and oxygen atoms in total. The largest absolute Gasteiger partial charge is 0.504 e. The Labute approximate surface area is 105 Å². The maximum atomic E-state index is 10.0. The van der Waals surface area contributed by atoms with Crippen LogP contribution < -0.4 is 10.5 Å². The topological polar surface area (TPSA) is 55.5 Å². The molecule has 0 aliphatic heterocycles. The number of hydrogen-bond acceptors (Lipinski definition) is 3. The standard InChI is InChI=1S/C12H18BrNO2/c1-8-7-10(16-2)12(15)9(11(8)13)5-3-4-6-14/h7,15H,3-6,14H2,1-2H3. The number of nitrogens with two attached hydrogens (primary N) is 1. The van der Waals surface area contributed by atoms with Gasteiger partial charge in [0.05, 0.1) is 7.11 Å². The van der Waals surface area contributed by atoms with E-state index in [9.17, 15) is 5.11 Å². The monoisotopic (exact) mass is 287 g/mol. The third kappa shape index (κ3) is 2.89. The SMILES string of the molecule is COc1cc(C)c(Br)c(CCCCN)c1O. The molecule has 4 heteroatoms. The van der Waals surface area contributed by atoms with Crippen LogP contribution in [0, 0.1) is 6.92 Å². The molecule has 16 heavy (non-hydrogen) atoms. The number of aryl methyl sites for hydroxylation is 1. The Balaban J connectivity index is 3.00. The van der Waals surface area contributed by atoms with Gasteiger partial charge in [-0.05, 0) is 44.4 Å². The molecule has 1 aromatic carbocycles. The third-order valence-electron chi connectivity index (χ3n) is 2.58. The second kappa shape index (κ2) is 6.11. The Kier molecular flexibility index (Phi) is 5.09. The lowest BCUT2D eigenvalue weighted by Gasteiger charge is -2.13. The highest BCUT2D eigenvalue weighted by atomic mass is 79.9. The van der Waals surface area contributed by atoms with E-state index in [1.807, 2.05) is 13.0 Å². The Hall–Kier alpha value is -0.740. The first-order chi connectivity index (χ1) is 7.61. The van der Waals surface area contributed by atoms with E-state index in [-0.39, 0.29) is 5.75 Å². The first kappa shape index (κ1) is 13.3. The number of ether oxygens (including phenoxy) is 1. The van der Waals surface area contributed by atoms with Crippen LogP contribution in [0.5, 0.6) is 11.5 Å². The number of phenols is 1. The van der Waals surface area contributed by atoms with Crippen LogP contribution in [0.1, 0.15) is 24.0 Å². The van der Waals surface area contributed by atoms with E-state index in [2.05, 4.69) is 15.9 Å². The summed E-state index contributed by atoms with van der Waals surface area (Å²) in [5.41, 5.74) is 7.43. The number of aromatic hydroxyl groups is 1. The lowest BCUT2D eigenvalue weighted by Crippen LogP contribution is -2.00. The van der Waals surface area contributed by atoms with Crippen molar-refractivity contribution >= 4 is 15.9 Å². The Morgan fingerprint density at radius 1 is 1.44 bits per heavy atom. The molecule has 0 saturated carbocycles. The summed E-state index contributed by atoms with van der Waals surface area (Å²) in [6, 6.07) is 1.83. The van der Waals surface area contributed by atoms with Gasteiger partial charge in [-0.1, -0.05) is 15.9 Å². The van der Waals surface area contributed by atoms with Crippen LogP contribution in [0.3, 0.4) is 0 Å². The van der Waals surface area contributed by atoms with Gasteiger partial charge in [0.25, 0.3) is 0 Å². The number of unbranched alkanes of at least 4 members (excludes halogenated alkanes) is 1. The predicted molar refractivity (Wildman–Crippen MR) is 69.1 cm³/mol. The summed E-state index contributed by atoms with van der Waals surface area (Å²) >= 11 is 3.50. The highest BCUT2D eigenvalue weighted by Crippen LogP contribution is 2.38. The molecule has 0 spiro atoms. The summed E-state index contributed by atoms with van der Waals surface area (Å²) < 4.78 is 6.09. The van der Waals surface area contributed by atoms with Crippen molar-refractivity contribution in [1.82, 2.24) is 0 Å². The van der Waals surface area contributed by atoms with Crippen molar-refractivity contribution in [2.24, 2.45) is 5.73 Å². The number of phenolic OH excluding ortho intramolecular Hbond substituents is 1. The van der Waals surface area contributed by atoms with Crippen LogP contribution in [0.25, 0.3) is 0 Å². The summed E-state index contributed by atoms with van der Waals surface area (Å²) in [6.45, 7) is 2.67. The molecule has 0 aromatic heterocycles. The molecule has 1 aromatic rings. The third-order valence-corrected chi connectivity index (χ3v) is 3.68. The average Bonchev–Trinajstić information content (AvgIpc) is 2.28. The van der Waals surface area contributed by atoms with Gasteiger partial charge in [-0.25, -0.2) is 0 Å². The van der Waals surface area contributed by atoms with Gasteiger partial charge >= 0.3 is 0 Å². The van der Waals surface area contributed by atoms with E-state index >= 15 is 0 Å². The molecular formula is C12H18BrNO2. The van der Waals surface area contributed by atoms with Crippen LogP contribution in [0.2, 0.25) is 0 Å². The van der Waals surface area contributed by atoms with E-state index in [0.29, 0.717) is 12.3 Å². The van der Waals surface area contributed by atoms with Gasteiger partial charge in [-0.2, -0.15) is 0 Å². The number of benzene rings is 1. The number of hydrogen-bond donors (Lipinski definition) is 2. The molecular weight excluding hydrogens is 270 g/mol. The zero-order valence-corrected chi connectivity index (χ0v) is 11.3. The molecule has 0 fully saturated rings. The molecule has 1 rings (SSSR count). The molecule has 0 amide bonds. The van der Waals surface area contributed by atoms with Gasteiger partial charge in [0, 0.05) is 10.0 Å². The fourth-order valence-electron chi connectivity index (χ4n) is 1.65. The fourth-order valence-corrected chi connectivity index (χ4v) is 2.15. The van der Waals surface area contributed by atoms with E-state index in [1.165, 1.54) is 0 Å². The van der Waals surface area contributed by atoms with E-state index < -0.39 is 0 Å². The molecule has 0 saturated heterocycles. The average molecular weight is 288 g/mol. The lowest BCUT2D eigenvalue weighted by atomic mass is 10.0. The second-order valence-electron chi connectivity index (χ2n) is 3.78. The Morgan fingerprint density at radius 3 is 2.69 bits per heavy atom. The minimum absolute atomic E-state index is 0.233. The lowest BCUT2D eigenvalue weighted by molar-refractivity contribution is 0.369. The van der Waals surface area contributed by atoms with Gasteiger partial charge < -0.3 is 15.6 Å². The molecule has 3 N–H and O–H groups in total. The van der Waals surface area contributed by atoms with Crippen molar-refractivity contribution in [3.63, 3.8) is 0 Å². The van der Waals surface area contributed by atoms with Crippen LogP contribution in [0.15, 0.2) is 10.5 Å². The molecule has 0 unspecified atom stereocenters. The zero-order valence-electron chi connectivity index (χ0n) is 9.72. The molecule has 0 bridgehead atoms. The Morgan fingerprint density at radius 2 is 2.12 bits per heavy atom. The number of rotatable bonds is 5. The summed E-state index contributed by atoms with van der Waals surface area (Å²) in [7, 11) is 1.56. The number of halogens is 1. The highest BCUT2D eigenvalue weighted by molar-refractivity contribution is 9.10. The summed E-state index contributed by atoms with van der Waals surface area (Å²) in [6.07, 6.45) is 2.74. The Bertz CT molecular complexity index is 367. The van der Waals surface area contributed by atoms with Gasteiger partial charge in [-0.15, -0.1) is 0 Å². The number of methoxy groups -OCH3 is 1. The molecule has 90 valence electrons. The molecule has 0 heterocycles. The molecule has 0 radical (unpaired) electrons. The second-order valence-corrected chi connectivity index (χ2v) is 4.58. The van der Waals surface area contributed by atoms with Crippen molar-refractivity contribution in [2.45, 2.75) is 26.2 Å². The van der Waals surface area contributed by atoms with Crippen LogP contribution in [0.4, 0.5) is 0 Å². The van der Waals surface area contributed by atoms with E-state index in [4.69, 9.17) is 10.5 Å². The summed E-state index contributed by atoms with van der Waals surface area (Å²) in [5.74, 6) is 0.764. The van der Waals surface area contributed by atoms with Gasteiger partial charge in [0.15, 0.2) is 11.5 Å². The van der Waals surface area contributed by atoms with Gasteiger partial charge in [0.1, 0.15) is 0 Å². The smallest absolute Gasteiger partial charge is 0.162 e. The highest BCUT2D eigenvalue weighted by Gasteiger charge is 2.14. The van der Waals surface area contributed by atoms with Gasteiger partial charge in [0.2, 0.25) is 0 Å². The van der Waals surface area contributed by atoms with Crippen molar-refractivity contribution in [2.75, 3.05) is 13.7 Å². The van der Waals surface area contributed by atoms with Crippen molar-refractivity contribution < 1.29 is 9.84 Å².